The summed E-state index contributed by atoms with van der Waals surface area (Å²) < 4.78 is 18.5. The number of carbonyl (C=O) groups is 1. The average molecular weight is 322 g/mol. The normalized spacial score (nSPS) is 17.3. The highest BCUT2D eigenvalue weighted by atomic mass is 32.2. The van der Waals surface area contributed by atoms with Gasteiger partial charge in [-0.3, -0.25) is 9.69 Å². The van der Waals surface area contributed by atoms with E-state index >= 15 is 0 Å². The summed E-state index contributed by atoms with van der Waals surface area (Å²) in [5, 5.41) is 2.75. The molecule has 1 unspecified atom stereocenters. The molecule has 1 atom stereocenters. The molecule has 0 bridgehead atoms. The van der Waals surface area contributed by atoms with Crippen molar-refractivity contribution in [3.63, 3.8) is 0 Å². The van der Waals surface area contributed by atoms with Gasteiger partial charge in [-0.1, -0.05) is 5.92 Å². The van der Waals surface area contributed by atoms with Crippen molar-refractivity contribution in [1.82, 2.24) is 4.90 Å². The Balaban J connectivity index is 1.96. The summed E-state index contributed by atoms with van der Waals surface area (Å²) in [6.07, 6.45) is 6.24. The van der Waals surface area contributed by atoms with Crippen molar-refractivity contribution in [2.75, 3.05) is 37.0 Å². The van der Waals surface area contributed by atoms with Gasteiger partial charge in [0.05, 0.1) is 12.2 Å². The second-order valence-electron chi connectivity index (χ2n) is 5.11. The van der Waals surface area contributed by atoms with Crippen LogP contribution in [0.4, 0.5) is 10.1 Å². The number of terminal acetylenes is 1. The summed E-state index contributed by atoms with van der Waals surface area (Å²) in [6, 6.07) is 4.39. The van der Waals surface area contributed by atoms with Crippen LogP contribution in [0.2, 0.25) is 0 Å². The molecule has 1 saturated heterocycles. The third kappa shape index (κ3) is 4.65. The van der Waals surface area contributed by atoms with Crippen molar-refractivity contribution >= 4 is 23.4 Å². The molecule has 22 heavy (non-hydrogen) atoms. The van der Waals surface area contributed by atoms with E-state index in [4.69, 9.17) is 11.2 Å². The number of amides is 1. The predicted octanol–water partition coefficient (Wildman–Crippen LogP) is 2.21. The SMILES string of the molecule is C#CCOc1cc(F)ccc1NC(=O)CN(C)C1CCSC1. The van der Waals surface area contributed by atoms with Gasteiger partial charge in [-0.15, -0.1) is 6.42 Å². The first-order valence-electron chi connectivity index (χ1n) is 7.04. The smallest absolute Gasteiger partial charge is 0.238 e. The van der Waals surface area contributed by atoms with Gasteiger partial charge in [0.2, 0.25) is 5.91 Å². The fourth-order valence-electron chi connectivity index (χ4n) is 2.25. The number of anilines is 1. The molecule has 1 aliphatic rings. The number of thioether (sulfide) groups is 1. The molecule has 1 aromatic rings. The topological polar surface area (TPSA) is 41.6 Å². The van der Waals surface area contributed by atoms with Gasteiger partial charge in [-0.05, 0) is 31.4 Å². The first-order valence-corrected chi connectivity index (χ1v) is 8.19. The molecule has 1 amide bonds. The lowest BCUT2D eigenvalue weighted by Crippen LogP contribution is -2.38. The van der Waals surface area contributed by atoms with Gasteiger partial charge in [0.15, 0.2) is 0 Å². The lowest BCUT2D eigenvalue weighted by molar-refractivity contribution is -0.117. The maximum absolute atomic E-state index is 13.3. The quantitative estimate of drug-likeness (QED) is 0.816. The van der Waals surface area contributed by atoms with Crippen LogP contribution in [-0.4, -0.2) is 48.6 Å². The number of carbonyl (C=O) groups excluding carboxylic acids is 1. The zero-order valence-electron chi connectivity index (χ0n) is 12.5. The molecule has 1 fully saturated rings. The lowest BCUT2D eigenvalue weighted by Gasteiger charge is -2.22. The summed E-state index contributed by atoms with van der Waals surface area (Å²) >= 11 is 1.90. The number of rotatable bonds is 6. The zero-order chi connectivity index (χ0) is 15.9. The fraction of sp³-hybridized carbons (Fsp3) is 0.438. The minimum Gasteiger partial charge on any atom is -0.479 e. The van der Waals surface area contributed by atoms with Crippen molar-refractivity contribution in [2.45, 2.75) is 12.5 Å². The summed E-state index contributed by atoms with van der Waals surface area (Å²) in [5.41, 5.74) is 0.427. The third-order valence-corrected chi connectivity index (χ3v) is 4.60. The molecule has 6 heteroatoms. The van der Waals surface area contributed by atoms with Gasteiger partial charge < -0.3 is 10.1 Å². The van der Waals surface area contributed by atoms with Crippen molar-refractivity contribution in [1.29, 1.82) is 0 Å². The summed E-state index contributed by atoms with van der Waals surface area (Å²) in [7, 11) is 1.94. The van der Waals surface area contributed by atoms with Crippen molar-refractivity contribution in [3.8, 4) is 18.1 Å². The van der Waals surface area contributed by atoms with Gasteiger partial charge in [0.1, 0.15) is 18.2 Å². The monoisotopic (exact) mass is 322 g/mol. The summed E-state index contributed by atoms with van der Waals surface area (Å²) in [6.45, 7) is 0.308. The van der Waals surface area contributed by atoms with E-state index in [1.807, 2.05) is 23.7 Å². The molecule has 118 valence electrons. The van der Waals surface area contributed by atoms with Crippen LogP contribution in [-0.2, 0) is 4.79 Å². The highest BCUT2D eigenvalue weighted by Gasteiger charge is 2.22. The first-order chi connectivity index (χ1) is 10.6. The Bertz CT molecular complexity index is 568. The van der Waals surface area contributed by atoms with E-state index in [2.05, 4.69) is 11.2 Å². The Morgan fingerprint density at radius 2 is 2.45 bits per heavy atom. The lowest BCUT2D eigenvalue weighted by atomic mass is 10.2. The van der Waals surface area contributed by atoms with Crippen LogP contribution in [0.25, 0.3) is 0 Å². The zero-order valence-corrected chi connectivity index (χ0v) is 13.3. The van der Waals surface area contributed by atoms with Crippen LogP contribution in [0.15, 0.2) is 18.2 Å². The average Bonchev–Trinajstić information content (AvgIpc) is 3.01. The third-order valence-electron chi connectivity index (χ3n) is 3.45. The fourth-order valence-corrected chi connectivity index (χ4v) is 3.55. The minimum absolute atomic E-state index is 0.0194. The second kappa shape index (κ2) is 8.06. The molecular weight excluding hydrogens is 303 g/mol. The summed E-state index contributed by atoms with van der Waals surface area (Å²) in [4.78, 5) is 14.2. The Morgan fingerprint density at radius 1 is 1.64 bits per heavy atom. The molecule has 0 aliphatic carbocycles. The molecule has 0 radical (unpaired) electrons. The van der Waals surface area contributed by atoms with E-state index < -0.39 is 5.82 Å². The number of benzene rings is 1. The Kier molecular flexibility index (Phi) is 6.10. The molecule has 4 nitrogen and oxygen atoms in total. The van der Waals surface area contributed by atoms with Gasteiger partial charge >= 0.3 is 0 Å². The second-order valence-corrected chi connectivity index (χ2v) is 6.26. The maximum atomic E-state index is 13.3. The van der Waals surface area contributed by atoms with Crippen LogP contribution in [0, 0.1) is 18.2 Å². The molecular formula is C16H19FN2O2S. The Hall–Kier alpha value is -1.71. The van der Waals surface area contributed by atoms with Crippen molar-refractivity contribution < 1.29 is 13.9 Å². The van der Waals surface area contributed by atoms with E-state index in [0.29, 0.717) is 11.7 Å². The maximum Gasteiger partial charge on any atom is 0.238 e. The largest absolute Gasteiger partial charge is 0.479 e. The summed E-state index contributed by atoms with van der Waals surface area (Å²) in [5.74, 6) is 4.15. The highest BCUT2D eigenvalue weighted by molar-refractivity contribution is 7.99. The number of hydrogen-bond acceptors (Lipinski definition) is 4. The Labute approximate surface area is 134 Å². The van der Waals surface area contributed by atoms with E-state index in [-0.39, 0.29) is 24.8 Å². The molecule has 0 aromatic heterocycles. The van der Waals surface area contributed by atoms with Crippen LogP contribution in [0.5, 0.6) is 5.75 Å². The predicted molar refractivity (Wildman–Crippen MR) is 87.7 cm³/mol. The standard InChI is InChI=1S/C16H19FN2O2S/c1-3-7-21-15-9-12(17)4-5-14(15)18-16(20)10-19(2)13-6-8-22-11-13/h1,4-5,9,13H,6-8,10-11H2,2H3,(H,18,20). The Morgan fingerprint density at radius 3 is 3.14 bits per heavy atom. The van der Waals surface area contributed by atoms with Gasteiger partial charge in [-0.25, -0.2) is 4.39 Å². The number of hydrogen-bond donors (Lipinski definition) is 1. The van der Waals surface area contributed by atoms with E-state index in [9.17, 15) is 9.18 Å². The number of halogens is 1. The first kappa shape index (κ1) is 16.7. The van der Waals surface area contributed by atoms with Crippen LogP contribution >= 0.6 is 11.8 Å². The number of nitrogens with one attached hydrogen (secondary N) is 1. The van der Waals surface area contributed by atoms with E-state index in [0.717, 1.165) is 17.9 Å². The molecule has 0 spiro atoms. The minimum atomic E-state index is -0.440. The van der Waals surface area contributed by atoms with Crippen molar-refractivity contribution in [3.05, 3.63) is 24.0 Å². The molecule has 0 saturated carbocycles. The number of ether oxygens (including phenoxy) is 1. The van der Waals surface area contributed by atoms with E-state index in [1.165, 1.54) is 18.2 Å². The molecule has 1 aliphatic heterocycles. The van der Waals surface area contributed by atoms with Gasteiger partial charge in [0, 0.05) is 17.9 Å². The van der Waals surface area contributed by atoms with Gasteiger partial charge in [-0.2, -0.15) is 11.8 Å². The molecule has 2 rings (SSSR count). The van der Waals surface area contributed by atoms with Crippen LogP contribution < -0.4 is 10.1 Å². The highest BCUT2D eigenvalue weighted by Crippen LogP contribution is 2.26. The van der Waals surface area contributed by atoms with E-state index in [1.54, 1.807) is 0 Å². The van der Waals surface area contributed by atoms with Crippen LogP contribution in [0.3, 0.4) is 0 Å². The van der Waals surface area contributed by atoms with Crippen LogP contribution in [0.1, 0.15) is 6.42 Å². The van der Waals surface area contributed by atoms with Crippen molar-refractivity contribution in [2.24, 2.45) is 0 Å². The number of nitrogens with zero attached hydrogens (tertiary/aromatic N) is 1. The number of likely N-dealkylation sites (N-methyl/N-ethyl adjacent to an activating group) is 1. The molecule has 1 heterocycles. The van der Waals surface area contributed by atoms with Gasteiger partial charge in [0.25, 0.3) is 0 Å². The molecule has 1 N–H and O–H groups in total. The molecule has 1 aromatic carbocycles.